The van der Waals surface area contributed by atoms with Crippen molar-refractivity contribution in [3.8, 4) is 5.75 Å². The number of imide groups is 1. The minimum absolute atomic E-state index is 0.210. The molecule has 9 nitrogen and oxygen atoms in total. The fourth-order valence-electron chi connectivity index (χ4n) is 5.03. The third-order valence-electron chi connectivity index (χ3n) is 6.90. The number of rotatable bonds is 6. The average Bonchev–Trinajstić information content (AvgIpc) is 3.44. The Morgan fingerprint density at radius 3 is 2.83 bits per heavy atom. The number of amides is 3. The van der Waals surface area contributed by atoms with Gasteiger partial charge in [0.05, 0.1) is 30.0 Å². The van der Waals surface area contributed by atoms with Crippen molar-refractivity contribution in [2.75, 3.05) is 26.3 Å². The first-order valence-electron chi connectivity index (χ1n) is 12.1. The van der Waals surface area contributed by atoms with E-state index in [1.807, 2.05) is 6.07 Å². The summed E-state index contributed by atoms with van der Waals surface area (Å²) in [6.45, 7) is 4.90. The molecule has 3 aromatic rings. The first kappa shape index (κ1) is 23.1. The average molecular weight is 507 g/mol. The van der Waals surface area contributed by atoms with Gasteiger partial charge in [0.25, 0.3) is 5.91 Å². The normalized spacial score (nSPS) is 20.6. The van der Waals surface area contributed by atoms with Crippen molar-refractivity contribution in [3.05, 3.63) is 58.1 Å². The Bertz CT molecular complexity index is 1350. The lowest BCUT2D eigenvalue weighted by molar-refractivity contribution is -0.136. The third kappa shape index (κ3) is 4.47. The van der Waals surface area contributed by atoms with E-state index in [-0.39, 0.29) is 24.8 Å². The van der Waals surface area contributed by atoms with Gasteiger partial charge in [0.1, 0.15) is 23.4 Å². The first-order valence-corrected chi connectivity index (χ1v) is 12.9. The molecule has 36 heavy (non-hydrogen) atoms. The summed E-state index contributed by atoms with van der Waals surface area (Å²) in [6.07, 6.45) is 0.561. The molecule has 1 N–H and O–H groups in total. The van der Waals surface area contributed by atoms with E-state index in [2.05, 4.69) is 28.4 Å². The number of aromatic nitrogens is 1. The topological polar surface area (TPSA) is 101 Å². The fourth-order valence-corrected chi connectivity index (χ4v) is 5.89. The SMILES string of the molecule is O=C1CC[C@@H](N2Cc3c(OCc4nc5cc(CN6CCOCC6)ccc5s4)cccc3C2=O)C(=O)N1. The Morgan fingerprint density at radius 2 is 2.00 bits per heavy atom. The summed E-state index contributed by atoms with van der Waals surface area (Å²) in [5.74, 6) is -0.313. The Balaban J connectivity index is 1.15. The molecule has 2 fully saturated rings. The number of fused-ring (bicyclic) bond motifs is 2. The van der Waals surface area contributed by atoms with E-state index in [4.69, 9.17) is 14.5 Å². The Labute approximate surface area is 212 Å². The van der Waals surface area contributed by atoms with Gasteiger partial charge in [0, 0.05) is 37.2 Å². The van der Waals surface area contributed by atoms with Gasteiger partial charge in [-0.3, -0.25) is 24.6 Å². The molecule has 0 aliphatic carbocycles. The van der Waals surface area contributed by atoms with Crippen LogP contribution in [0.3, 0.4) is 0 Å². The van der Waals surface area contributed by atoms with Gasteiger partial charge in [-0.1, -0.05) is 12.1 Å². The highest BCUT2D eigenvalue weighted by atomic mass is 32.1. The van der Waals surface area contributed by atoms with Crippen LogP contribution >= 0.6 is 11.3 Å². The minimum Gasteiger partial charge on any atom is -0.486 e. The van der Waals surface area contributed by atoms with Crippen molar-refractivity contribution in [2.24, 2.45) is 0 Å². The number of nitrogens with one attached hydrogen (secondary N) is 1. The van der Waals surface area contributed by atoms with Crippen LogP contribution in [0.25, 0.3) is 10.2 Å². The summed E-state index contributed by atoms with van der Waals surface area (Å²) in [4.78, 5) is 45.6. The van der Waals surface area contributed by atoms with Gasteiger partial charge in [-0.2, -0.15) is 0 Å². The van der Waals surface area contributed by atoms with Crippen LogP contribution in [-0.4, -0.2) is 64.9 Å². The fraction of sp³-hybridized carbons (Fsp3) is 0.385. The van der Waals surface area contributed by atoms with E-state index < -0.39 is 11.9 Å². The van der Waals surface area contributed by atoms with Crippen LogP contribution in [0.2, 0.25) is 0 Å². The van der Waals surface area contributed by atoms with E-state index in [1.54, 1.807) is 23.5 Å². The number of ether oxygens (including phenoxy) is 2. The number of carbonyl (C=O) groups is 3. The Morgan fingerprint density at radius 1 is 1.14 bits per heavy atom. The minimum atomic E-state index is -0.647. The van der Waals surface area contributed by atoms with Gasteiger partial charge in [-0.05, 0) is 36.2 Å². The highest BCUT2D eigenvalue weighted by Crippen LogP contribution is 2.34. The molecule has 3 aliphatic heterocycles. The molecule has 2 saturated heterocycles. The Hall–Kier alpha value is -3.34. The maximum Gasteiger partial charge on any atom is 0.255 e. The molecule has 2 aromatic carbocycles. The van der Waals surface area contributed by atoms with Crippen LogP contribution in [0.5, 0.6) is 5.75 Å². The standard InChI is InChI=1S/C26H26N4O5S/c31-23-7-5-20(25(32)28-23)30-14-18-17(26(30)33)2-1-3-21(18)35-15-24-27-19-12-16(4-6-22(19)36-24)13-29-8-10-34-11-9-29/h1-4,6,12,20H,5,7-11,13-15H2,(H,28,31,32)/t20-/m1/s1. The van der Waals surface area contributed by atoms with Crippen LogP contribution < -0.4 is 10.1 Å². The van der Waals surface area contributed by atoms with Crippen LogP contribution in [-0.2, 0) is 34.0 Å². The summed E-state index contributed by atoms with van der Waals surface area (Å²) in [5, 5.41) is 3.19. The molecule has 0 bridgehead atoms. The maximum atomic E-state index is 13.0. The number of piperidine rings is 1. The molecule has 1 atom stereocenters. The predicted octanol–water partition coefficient (Wildman–Crippen LogP) is 2.47. The zero-order valence-corrected chi connectivity index (χ0v) is 20.5. The van der Waals surface area contributed by atoms with Gasteiger partial charge in [-0.25, -0.2) is 4.98 Å². The molecule has 1 aromatic heterocycles. The molecule has 186 valence electrons. The molecular weight excluding hydrogens is 480 g/mol. The molecule has 3 amide bonds. The quantitative estimate of drug-likeness (QED) is 0.513. The van der Waals surface area contributed by atoms with E-state index in [0.717, 1.165) is 53.6 Å². The smallest absolute Gasteiger partial charge is 0.255 e. The van der Waals surface area contributed by atoms with Crippen molar-refractivity contribution in [3.63, 3.8) is 0 Å². The molecule has 0 unspecified atom stereocenters. The van der Waals surface area contributed by atoms with Gasteiger partial charge in [0.15, 0.2) is 0 Å². The van der Waals surface area contributed by atoms with Crippen LogP contribution in [0.4, 0.5) is 0 Å². The van der Waals surface area contributed by atoms with Crippen molar-refractivity contribution in [1.82, 2.24) is 20.1 Å². The molecular formula is C26H26N4O5S. The number of hydrogen-bond donors (Lipinski definition) is 1. The van der Waals surface area contributed by atoms with Crippen molar-refractivity contribution < 1.29 is 23.9 Å². The van der Waals surface area contributed by atoms with Crippen molar-refractivity contribution >= 4 is 39.3 Å². The lowest BCUT2D eigenvalue weighted by Crippen LogP contribution is -2.52. The number of hydrogen-bond acceptors (Lipinski definition) is 8. The second kappa shape index (κ2) is 9.61. The van der Waals surface area contributed by atoms with Crippen molar-refractivity contribution in [1.29, 1.82) is 0 Å². The van der Waals surface area contributed by atoms with Gasteiger partial charge in [-0.15, -0.1) is 11.3 Å². The predicted molar refractivity (Wildman–Crippen MR) is 133 cm³/mol. The van der Waals surface area contributed by atoms with Crippen LogP contribution in [0.15, 0.2) is 36.4 Å². The molecule has 6 rings (SSSR count). The number of thiazole rings is 1. The summed E-state index contributed by atoms with van der Waals surface area (Å²) < 4.78 is 12.7. The molecule has 0 spiro atoms. The Kier molecular flexibility index (Phi) is 6.16. The highest BCUT2D eigenvalue weighted by molar-refractivity contribution is 7.18. The number of morpholine rings is 1. The van der Waals surface area contributed by atoms with Crippen LogP contribution in [0.1, 0.15) is 39.3 Å². The van der Waals surface area contributed by atoms with E-state index >= 15 is 0 Å². The number of carbonyl (C=O) groups excluding carboxylic acids is 3. The van der Waals surface area contributed by atoms with E-state index in [9.17, 15) is 14.4 Å². The first-order chi connectivity index (χ1) is 17.5. The third-order valence-corrected chi connectivity index (χ3v) is 7.91. The van der Waals surface area contributed by atoms with E-state index in [1.165, 1.54) is 10.5 Å². The molecule has 0 saturated carbocycles. The van der Waals surface area contributed by atoms with Crippen molar-refractivity contribution in [2.45, 2.75) is 38.6 Å². The number of benzene rings is 2. The van der Waals surface area contributed by atoms with Gasteiger partial charge in [0.2, 0.25) is 11.8 Å². The zero-order valence-electron chi connectivity index (χ0n) is 19.7. The largest absolute Gasteiger partial charge is 0.486 e. The van der Waals surface area contributed by atoms with E-state index in [0.29, 0.717) is 24.3 Å². The summed E-state index contributed by atoms with van der Waals surface area (Å²) in [7, 11) is 0. The monoisotopic (exact) mass is 506 g/mol. The number of nitrogens with zero attached hydrogens (tertiary/aromatic N) is 3. The highest BCUT2D eigenvalue weighted by Gasteiger charge is 2.40. The summed E-state index contributed by atoms with van der Waals surface area (Å²) in [6, 6.07) is 11.1. The van der Waals surface area contributed by atoms with Gasteiger partial charge >= 0.3 is 0 Å². The lowest BCUT2D eigenvalue weighted by Gasteiger charge is -2.29. The second-order valence-corrected chi connectivity index (χ2v) is 10.4. The van der Waals surface area contributed by atoms with Gasteiger partial charge < -0.3 is 14.4 Å². The lowest BCUT2D eigenvalue weighted by atomic mass is 10.0. The molecule has 0 radical (unpaired) electrons. The molecule has 10 heteroatoms. The molecule has 4 heterocycles. The van der Waals surface area contributed by atoms with Crippen LogP contribution in [0, 0.1) is 0 Å². The second-order valence-electron chi connectivity index (χ2n) is 9.27. The summed E-state index contributed by atoms with van der Waals surface area (Å²) >= 11 is 1.60. The summed E-state index contributed by atoms with van der Waals surface area (Å²) in [5.41, 5.74) is 3.49. The molecule has 3 aliphatic rings. The maximum absolute atomic E-state index is 13.0. The zero-order chi connectivity index (χ0) is 24.6.